The second kappa shape index (κ2) is 8.32. The Bertz CT molecular complexity index is 1480. The average Bonchev–Trinajstić information content (AvgIpc) is 3.24. The van der Waals surface area contributed by atoms with Gasteiger partial charge in [-0.1, -0.05) is 66.4 Å². The lowest BCUT2D eigenvalue weighted by Crippen LogP contribution is -2.28. The molecule has 1 aromatic heterocycles. The first-order valence-electron chi connectivity index (χ1n) is 10.9. The molecule has 0 spiro atoms. The van der Waals surface area contributed by atoms with Gasteiger partial charge in [-0.15, -0.1) is 0 Å². The van der Waals surface area contributed by atoms with E-state index in [9.17, 15) is 4.79 Å². The first-order valence-corrected chi connectivity index (χ1v) is 12.1. The van der Waals surface area contributed by atoms with Crippen LogP contribution in [-0.4, -0.2) is 14.8 Å². The summed E-state index contributed by atoms with van der Waals surface area (Å²) in [5, 5.41) is 2.43. The molecule has 1 amide bonds. The van der Waals surface area contributed by atoms with Crippen LogP contribution in [0, 0.1) is 27.7 Å². The summed E-state index contributed by atoms with van der Waals surface area (Å²) < 4.78 is 2.81. The summed E-state index contributed by atoms with van der Waals surface area (Å²) in [6, 6.07) is 23.0. The van der Waals surface area contributed by atoms with Crippen LogP contribution in [0.15, 0.2) is 71.6 Å². The molecule has 0 unspecified atom stereocenters. The minimum atomic E-state index is -0.0609. The van der Waals surface area contributed by atoms with Crippen LogP contribution in [-0.2, 0) is 4.79 Å². The molecule has 0 bridgehead atoms. The van der Waals surface area contributed by atoms with Crippen molar-refractivity contribution in [1.82, 2.24) is 4.57 Å². The summed E-state index contributed by atoms with van der Waals surface area (Å²) in [7, 11) is 0. The molecule has 5 heteroatoms. The van der Waals surface area contributed by atoms with Gasteiger partial charge in [-0.05, 0) is 85.5 Å². The van der Waals surface area contributed by atoms with E-state index in [2.05, 4.69) is 66.9 Å². The molecule has 2 heterocycles. The molecular weight excluding hydrogens is 444 g/mol. The van der Waals surface area contributed by atoms with Gasteiger partial charge in [0.05, 0.1) is 10.6 Å². The topological polar surface area (TPSA) is 25.2 Å². The van der Waals surface area contributed by atoms with Crippen molar-refractivity contribution in [2.24, 2.45) is 0 Å². The fraction of sp³-hybridized carbons (Fsp3) is 0.143. The van der Waals surface area contributed by atoms with Gasteiger partial charge in [-0.25, -0.2) is 0 Å². The van der Waals surface area contributed by atoms with Crippen molar-refractivity contribution in [3.8, 4) is 5.69 Å². The minimum Gasteiger partial charge on any atom is -0.318 e. The van der Waals surface area contributed by atoms with Crippen molar-refractivity contribution in [2.75, 3.05) is 4.90 Å². The van der Waals surface area contributed by atoms with Crippen LogP contribution in [0.5, 0.6) is 0 Å². The Kier molecular flexibility index (Phi) is 5.47. The smallest absolute Gasteiger partial charge is 0.270 e. The van der Waals surface area contributed by atoms with Crippen molar-refractivity contribution in [1.29, 1.82) is 0 Å². The summed E-state index contributed by atoms with van der Waals surface area (Å²) >= 11 is 6.97. The molecule has 0 atom stereocenters. The van der Waals surface area contributed by atoms with Gasteiger partial charge in [-0.2, -0.15) is 0 Å². The van der Waals surface area contributed by atoms with Crippen LogP contribution >= 0.6 is 24.0 Å². The van der Waals surface area contributed by atoms with E-state index < -0.39 is 0 Å². The number of carbonyl (C=O) groups is 1. The first kappa shape index (κ1) is 21.7. The summed E-state index contributed by atoms with van der Waals surface area (Å²) in [6.07, 6.45) is 1.98. The van der Waals surface area contributed by atoms with Gasteiger partial charge < -0.3 is 4.57 Å². The maximum atomic E-state index is 13.3. The molecule has 1 fully saturated rings. The number of hydrogen-bond acceptors (Lipinski definition) is 3. The second-order valence-corrected chi connectivity index (χ2v) is 10.1. The summed E-state index contributed by atoms with van der Waals surface area (Å²) in [5.74, 6) is -0.0609. The Morgan fingerprint density at radius 2 is 1.64 bits per heavy atom. The fourth-order valence-corrected chi connectivity index (χ4v) is 5.72. The number of aromatic nitrogens is 1. The maximum Gasteiger partial charge on any atom is 0.270 e. The maximum absolute atomic E-state index is 13.3. The predicted molar refractivity (Wildman–Crippen MR) is 144 cm³/mol. The Balaban J connectivity index is 1.53. The molecule has 1 saturated heterocycles. The van der Waals surface area contributed by atoms with Crippen molar-refractivity contribution >= 4 is 56.7 Å². The van der Waals surface area contributed by atoms with E-state index in [1.807, 2.05) is 38.1 Å². The molecule has 4 aromatic rings. The highest BCUT2D eigenvalue weighted by Crippen LogP contribution is 2.38. The van der Waals surface area contributed by atoms with Crippen LogP contribution in [0.2, 0.25) is 0 Å². The molecule has 5 rings (SSSR count). The molecule has 0 saturated carbocycles. The molecule has 3 aromatic carbocycles. The average molecular weight is 469 g/mol. The Labute approximate surface area is 203 Å². The van der Waals surface area contributed by atoms with E-state index in [4.69, 9.17) is 12.2 Å². The van der Waals surface area contributed by atoms with Crippen LogP contribution in [0.4, 0.5) is 5.69 Å². The number of hydrogen-bond donors (Lipinski definition) is 0. The van der Waals surface area contributed by atoms with E-state index >= 15 is 0 Å². The molecule has 3 nitrogen and oxygen atoms in total. The number of carbonyl (C=O) groups excluding carboxylic acids is 1. The number of thioether (sulfide) groups is 1. The number of fused-ring (bicyclic) bond motifs is 1. The summed E-state index contributed by atoms with van der Waals surface area (Å²) in [4.78, 5) is 15.7. The third-order valence-corrected chi connectivity index (χ3v) is 7.66. The lowest BCUT2D eigenvalue weighted by molar-refractivity contribution is -0.113. The number of anilines is 1. The molecule has 1 aliphatic heterocycles. The zero-order chi connectivity index (χ0) is 23.3. The highest BCUT2D eigenvalue weighted by Gasteiger charge is 2.34. The zero-order valence-electron chi connectivity index (χ0n) is 19.0. The normalized spacial score (nSPS) is 15.3. The number of aryl methyl sites for hydroxylation is 2. The standard InChI is InChI=1S/C28H24N2OS2/c1-17-8-7-11-25(19(17)3)30-27(31)26(33-28(30)32)16-23-14-18(2)29(20(23)4)24-13-12-21-9-5-6-10-22(21)15-24/h5-16H,1-4H3. The molecular formula is C28H24N2OS2. The van der Waals surface area contributed by atoms with E-state index in [-0.39, 0.29) is 5.91 Å². The van der Waals surface area contributed by atoms with Gasteiger partial charge >= 0.3 is 0 Å². The minimum absolute atomic E-state index is 0.0609. The fourth-order valence-electron chi connectivity index (χ4n) is 4.44. The van der Waals surface area contributed by atoms with Crippen LogP contribution in [0.3, 0.4) is 0 Å². The van der Waals surface area contributed by atoms with Gasteiger partial charge in [0.25, 0.3) is 5.91 Å². The van der Waals surface area contributed by atoms with Crippen molar-refractivity contribution in [3.05, 3.63) is 99.7 Å². The number of benzene rings is 3. The number of nitrogens with zero attached hydrogens (tertiary/aromatic N) is 2. The quantitative estimate of drug-likeness (QED) is 0.233. The van der Waals surface area contributed by atoms with E-state index in [0.717, 1.165) is 39.5 Å². The first-order chi connectivity index (χ1) is 15.8. The van der Waals surface area contributed by atoms with Crippen molar-refractivity contribution in [3.63, 3.8) is 0 Å². The van der Waals surface area contributed by atoms with Crippen LogP contribution in [0.1, 0.15) is 28.1 Å². The van der Waals surface area contributed by atoms with Crippen LogP contribution < -0.4 is 4.90 Å². The van der Waals surface area contributed by atoms with E-state index in [0.29, 0.717) is 9.23 Å². The van der Waals surface area contributed by atoms with Crippen molar-refractivity contribution in [2.45, 2.75) is 27.7 Å². The predicted octanol–water partition coefficient (Wildman–Crippen LogP) is 7.27. The van der Waals surface area contributed by atoms with E-state index in [1.165, 1.54) is 22.5 Å². The van der Waals surface area contributed by atoms with E-state index in [1.54, 1.807) is 4.90 Å². The third kappa shape index (κ3) is 3.71. The number of thiocarbonyl (C=S) groups is 1. The second-order valence-electron chi connectivity index (χ2n) is 8.43. The van der Waals surface area contributed by atoms with Gasteiger partial charge in [0, 0.05) is 17.1 Å². The summed E-state index contributed by atoms with van der Waals surface area (Å²) in [5.41, 5.74) is 7.45. The molecule has 0 aliphatic carbocycles. The SMILES string of the molecule is Cc1cccc(N2C(=O)C(=Cc3cc(C)n(-c4ccc5ccccc5c4)c3C)SC2=S)c1C. The molecule has 1 aliphatic rings. The molecule has 0 N–H and O–H groups in total. The van der Waals surface area contributed by atoms with Gasteiger partial charge in [0.2, 0.25) is 0 Å². The van der Waals surface area contributed by atoms with Gasteiger partial charge in [0.15, 0.2) is 4.32 Å². The third-order valence-electron chi connectivity index (χ3n) is 6.36. The van der Waals surface area contributed by atoms with Crippen LogP contribution in [0.25, 0.3) is 22.5 Å². The van der Waals surface area contributed by atoms with Gasteiger partial charge in [-0.3, -0.25) is 9.69 Å². The molecule has 164 valence electrons. The molecule has 0 radical (unpaired) electrons. The number of rotatable bonds is 3. The Hall–Kier alpha value is -3.15. The lowest BCUT2D eigenvalue weighted by Gasteiger charge is -2.18. The Morgan fingerprint density at radius 1 is 0.879 bits per heavy atom. The Morgan fingerprint density at radius 3 is 2.42 bits per heavy atom. The largest absolute Gasteiger partial charge is 0.318 e. The molecule has 33 heavy (non-hydrogen) atoms. The monoisotopic (exact) mass is 468 g/mol. The lowest BCUT2D eigenvalue weighted by atomic mass is 10.1. The number of amides is 1. The summed E-state index contributed by atoms with van der Waals surface area (Å²) in [6.45, 7) is 8.28. The highest BCUT2D eigenvalue weighted by atomic mass is 32.2. The van der Waals surface area contributed by atoms with Crippen molar-refractivity contribution < 1.29 is 4.79 Å². The van der Waals surface area contributed by atoms with Gasteiger partial charge in [0.1, 0.15) is 0 Å². The highest BCUT2D eigenvalue weighted by molar-refractivity contribution is 8.27. The zero-order valence-corrected chi connectivity index (χ0v) is 20.7.